The minimum atomic E-state index is -1.49. The fourth-order valence-electron chi connectivity index (χ4n) is 5.05. The zero-order valence-electron chi connectivity index (χ0n) is 22.4. The van der Waals surface area contributed by atoms with E-state index in [2.05, 4.69) is 10.5 Å². The van der Waals surface area contributed by atoms with Gasteiger partial charge in [-0.2, -0.15) is 0 Å². The maximum absolute atomic E-state index is 14.3. The molecule has 3 aromatic carbocycles. The van der Waals surface area contributed by atoms with Gasteiger partial charge in [0.05, 0.1) is 23.8 Å². The summed E-state index contributed by atoms with van der Waals surface area (Å²) in [5, 5.41) is 7.89. The number of likely N-dealkylation sites (N-methyl/N-ethyl adjacent to an activating group) is 1. The summed E-state index contributed by atoms with van der Waals surface area (Å²) < 4.78 is 5.48. The van der Waals surface area contributed by atoms with Gasteiger partial charge in [-0.05, 0) is 57.3 Å². The van der Waals surface area contributed by atoms with Gasteiger partial charge in [0.25, 0.3) is 5.91 Å². The van der Waals surface area contributed by atoms with E-state index in [0.717, 1.165) is 5.39 Å². The largest absolute Gasteiger partial charge is 0.368 e. The van der Waals surface area contributed by atoms with Crippen molar-refractivity contribution in [2.75, 3.05) is 23.4 Å². The van der Waals surface area contributed by atoms with Crippen LogP contribution < -0.4 is 20.9 Å². The second-order valence-electron chi connectivity index (χ2n) is 9.96. The molecule has 1 aliphatic rings. The van der Waals surface area contributed by atoms with Gasteiger partial charge in [0.1, 0.15) is 11.2 Å². The van der Waals surface area contributed by atoms with Crippen LogP contribution in [0.25, 0.3) is 11.0 Å². The van der Waals surface area contributed by atoms with Crippen molar-refractivity contribution in [1.82, 2.24) is 10.5 Å². The molecule has 0 saturated carbocycles. The summed E-state index contributed by atoms with van der Waals surface area (Å²) in [6, 6.07) is 20.7. The number of anilines is 2. The van der Waals surface area contributed by atoms with Gasteiger partial charge >= 0.3 is 0 Å². The molecule has 0 fully saturated rings. The van der Waals surface area contributed by atoms with Crippen LogP contribution >= 0.6 is 0 Å². The summed E-state index contributed by atoms with van der Waals surface area (Å²) >= 11 is 0. The van der Waals surface area contributed by atoms with Crippen LogP contribution in [0, 0.1) is 5.92 Å². The van der Waals surface area contributed by atoms with E-state index >= 15 is 0 Å². The average Bonchev–Trinajstić information content (AvgIpc) is 3.33. The molecule has 1 unspecified atom stereocenters. The number of hydrogen-bond acceptors (Lipinski definition) is 7. The smallest absolute Gasteiger partial charge is 0.258 e. The van der Waals surface area contributed by atoms with Crippen LogP contribution in [0.15, 0.2) is 77.3 Å². The molecule has 2 atom stereocenters. The van der Waals surface area contributed by atoms with Crippen molar-refractivity contribution in [2.24, 2.45) is 11.7 Å². The van der Waals surface area contributed by atoms with Crippen LogP contribution in [0.3, 0.4) is 0 Å². The zero-order valence-corrected chi connectivity index (χ0v) is 22.4. The third-order valence-electron chi connectivity index (χ3n) is 7.66. The Morgan fingerprint density at radius 1 is 1.00 bits per heavy atom. The van der Waals surface area contributed by atoms with Gasteiger partial charge < -0.3 is 25.4 Å². The number of nitrogens with zero attached hydrogens (tertiary/aromatic N) is 3. The summed E-state index contributed by atoms with van der Waals surface area (Å²) in [6.45, 7) is 2.92. The molecule has 4 aromatic rings. The van der Waals surface area contributed by atoms with Crippen LogP contribution in [0.5, 0.6) is 0 Å². The van der Waals surface area contributed by atoms with Crippen molar-refractivity contribution in [1.29, 1.82) is 0 Å². The first-order chi connectivity index (χ1) is 19.2. The average molecular weight is 540 g/mol. The van der Waals surface area contributed by atoms with Gasteiger partial charge in [0, 0.05) is 23.1 Å². The minimum absolute atomic E-state index is 0.0389. The van der Waals surface area contributed by atoms with Crippen molar-refractivity contribution in [3.63, 3.8) is 0 Å². The fourth-order valence-corrected chi connectivity index (χ4v) is 5.05. The second kappa shape index (κ2) is 10.4. The van der Waals surface area contributed by atoms with E-state index in [0.29, 0.717) is 33.8 Å². The molecule has 1 aromatic heterocycles. The van der Waals surface area contributed by atoms with Crippen LogP contribution in [0.1, 0.15) is 40.3 Å². The molecule has 0 aliphatic carbocycles. The number of primary amides is 1. The summed E-state index contributed by atoms with van der Waals surface area (Å²) in [7, 11) is 1.55. The Morgan fingerprint density at radius 3 is 2.27 bits per heavy atom. The van der Waals surface area contributed by atoms with E-state index in [9.17, 15) is 19.2 Å². The lowest BCUT2D eigenvalue weighted by molar-refractivity contribution is -0.133. The van der Waals surface area contributed by atoms with Crippen molar-refractivity contribution in [3.05, 3.63) is 89.6 Å². The lowest BCUT2D eigenvalue weighted by Gasteiger charge is -2.36. The number of carbonyl (C=O) groups is 4. The summed E-state index contributed by atoms with van der Waals surface area (Å²) in [5.74, 6) is -2.70. The first-order valence-corrected chi connectivity index (χ1v) is 12.8. The van der Waals surface area contributed by atoms with E-state index in [1.54, 1.807) is 68.6 Å². The number of para-hydroxylation sites is 3. The third kappa shape index (κ3) is 4.52. The summed E-state index contributed by atoms with van der Waals surface area (Å²) in [6.07, 6.45) is 0. The molecule has 3 amide bonds. The highest BCUT2D eigenvalue weighted by Crippen LogP contribution is 2.39. The standard InChI is InChI=1S/C30H29N5O5/c1-18(36)19-12-14-20(15-13-19)27(37)34-16-22(30(2,32-3)29(31)39)28(38)35(25-10-6-5-9-24(25)34)17-23-21-8-4-7-11-26(21)40-33-23/h4-15,22,32H,16-17H2,1-3H3,(H2,31,39)/t22-,30?/m1/s1. The van der Waals surface area contributed by atoms with Gasteiger partial charge in [-0.1, -0.05) is 41.6 Å². The highest BCUT2D eigenvalue weighted by molar-refractivity contribution is 6.13. The Kier molecular flexibility index (Phi) is 6.95. The van der Waals surface area contributed by atoms with Gasteiger partial charge in [0.15, 0.2) is 11.4 Å². The Hall–Kier alpha value is -4.83. The summed E-state index contributed by atoms with van der Waals surface area (Å²) in [5.41, 5.74) is 7.20. The minimum Gasteiger partial charge on any atom is -0.368 e. The number of rotatable bonds is 7. The number of aromatic nitrogens is 1. The Morgan fingerprint density at radius 2 is 1.62 bits per heavy atom. The van der Waals surface area contributed by atoms with Crippen molar-refractivity contribution < 1.29 is 23.7 Å². The number of carbonyl (C=O) groups excluding carboxylic acids is 4. The number of ketones is 1. The zero-order chi connectivity index (χ0) is 28.6. The molecule has 40 heavy (non-hydrogen) atoms. The van der Waals surface area contributed by atoms with E-state index in [1.165, 1.54) is 16.7 Å². The molecule has 5 rings (SSSR count). The summed E-state index contributed by atoms with van der Waals surface area (Å²) in [4.78, 5) is 55.9. The van der Waals surface area contributed by atoms with Crippen LogP contribution in [0.2, 0.25) is 0 Å². The second-order valence-corrected chi connectivity index (χ2v) is 9.96. The fraction of sp³-hybridized carbons (Fsp3) is 0.233. The number of nitrogens with one attached hydrogen (secondary N) is 1. The van der Waals surface area contributed by atoms with Crippen LogP contribution in [0.4, 0.5) is 11.4 Å². The highest BCUT2D eigenvalue weighted by Gasteiger charge is 2.49. The van der Waals surface area contributed by atoms with E-state index in [4.69, 9.17) is 10.3 Å². The van der Waals surface area contributed by atoms with Crippen LogP contribution in [-0.2, 0) is 16.1 Å². The lowest BCUT2D eigenvalue weighted by atomic mass is 9.83. The molecular formula is C30H29N5O5. The van der Waals surface area contributed by atoms with Gasteiger partial charge in [-0.15, -0.1) is 0 Å². The SMILES string of the molecule is CNC(C)(C(N)=O)[C@@H]1CN(C(=O)c2ccc(C(C)=O)cc2)c2ccccc2N(Cc2noc3ccccc23)C1=O. The predicted molar refractivity (Wildman–Crippen MR) is 150 cm³/mol. The highest BCUT2D eigenvalue weighted by atomic mass is 16.5. The lowest BCUT2D eigenvalue weighted by Crippen LogP contribution is -2.63. The Labute approximate surface area is 230 Å². The molecular weight excluding hydrogens is 510 g/mol. The normalized spacial score (nSPS) is 16.8. The quantitative estimate of drug-likeness (QED) is 0.344. The monoisotopic (exact) mass is 539 g/mol. The molecule has 10 nitrogen and oxygen atoms in total. The number of fused-ring (bicyclic) bond motifs is 2. The topological polar surface area (TPSA) is 139 Å². The maximum atomic E-state index is 14.3. The molecule has 0 spiro atoms. The third-order valence-corrected chi connectivity index (χ3v) is 7.66. The van der Waals surface area contributed by atoms with Crippen molar-refractivity contribution in [2.45, 2.75) is 25.9 Å². The number of hydrogen-bond donors (Lipinski definition) is 2. The first kappa shape index (κ1) is 26.8. The van der Waals surface area contributed by atoms with Crippen molar-refractivity contribution in [3.8, 4) is 0 Å². The number of amides is 3. The molecule has 3 N–H and O–H groups in total. The number of nitrogens with two attached hydrogens (primary N) is 1. The molecule has 0 bridgehead atoms. The van der Waals surface area contributed by atoms with E-state index in [1.807, 2.05) is 18.2 Å². The van der Waals surface area contributed by atoms with E-state index < -0.39 is 29.2 Å². The van der Waals surface area contributed by atoms with Crippen LogP contribution in [-0.4, -0.2) is 47.8 Å². The number of benzene rings is 3. The number of Topliss-reactive ketones (excluding diaryl/α,β-unsaturated/α-hetero) is 1. The van der Waals surface area contributed by atoms with Crippen molar-refractivity contribution >= 4 is 45.8 Å². The molecule has 1 aliphatic heterocycles. The van der Waals surface area contributed by atoms with E-state index in [-0.39, 0.29) is 18.9 Å². The predicted octanol–water partition coefficient (Wildman–Crippen LogP) is 3.30. The molecule has 2 heterocycles. The Bertz CT molecular complexity index is 1630. The first-order valence-electron chi connectivity index (χ1n) is 12.8. The van der Waals surface area contributed by atoms with Gasteiger partial charge in [-0.25, -0.2) is 0 Å². The molecule has 0 saturated heterocycles. The molecule has 0 radical (unpaired) electrons. The molecule has 10 heteroatoms. The molecule has 204 valence electrons. The van der Waals surface area contributed by atoms with Gasteiger partial charge in [-0.3, -0.25) is 19.2 Å². The Balaban J connectivity index is 1.66. The maximum Gasteiger partial charge on any atom is 0.258 e. The van der Waals surface area contributed by atoms with Gasteiger partial charge in [0.2, 0.25) is 11.8 Å².